The van der Waals surface area contributed by atoms with Crippen molar-refractivity contribution in [3.63, 3.8) is 0 Å². The van der Waals surface area contributed by atoms with Crippen LogP contribution in [0.25, 0.3) is 0 Å². The van der Waals surface area contributed by atoms with Crippen LogP contribution in [0.5, 0.6) is 5.75 Å². The summed E-state index contributed by atoms with van der Waals surface area (Å²) in [5.74, 6) is 0.737. The van der Waals surface area contributed by atoms with Crippen LogP contribution in [0.1, 0.15) is 41.3 Å². The van der Waals surface area contributed by atoms with Gasteiger partial charge in [-0.15, -0.1) is 0 Å². The number of rotatable bonds is 6. The fraction of sp³-hybridized carbons (Fsp3) is 0.304. The van der Waals surface area contributed by atoms with Crippen molar-refractivity contribution >= 4 is 17.5 Å². The molecule has 0 fully saturated rings. The van der Waals surface area contributed by atoms with E-state index >= 15 is 0 Å². The van der Waals surface area contributed by atoms with Gasteiger partial charge in [0.1, 0.15) is 5.75 Å². The highest BCUT2D eigenvalue weighted by Crippen LogP contribution is 2.30. The van der Waals surface area contributed by atoms with Crippen LogP contribution < -0.4 is 10.1 Å². The Morgan fingerprint density at radius 3 is 2.83 bits per heavy atom. The lowest BCUT2D eigenvalue weighted by atomic mass is 9.92. The molecule has 1 atom stereocenters. The summed E-state index contributed by atoms with van der Waals surface area (Å²) in [7, 11) is 1.62. The van der Waals surface area contributed by atoms with Gasteiger partial charge in [0.05, 0.1) is 32.3 Å². The first kappa shape index (κ1) is 19.5. The maximum absolute atomic E-state index is 12.7. The second kappa shape index (κ2) is 8.70. The van der Waals surface area contributed by atoms with Crippen LogP contribution in [0.2, 0.25) is 5.02 Å². The molecular formula is C23H24ClN3O2. The molecule has 0 saturated heterocycles. The van der Waals surface area contributed by atoms with Crippen LogP contribution in [0.3, 0.4) is 0 Å². The van der Waals surface area contributed by atoms with Gasteiger partial charge in [0, 0.05) is 21.8 Å². The van der Waals surface area contributed by atoms with Gasteiger partial charge < -0.3 is 10.1 Å². The average molecular weight is 410 g/mol. The number of hydrogen-bond donors (Lipinski definition) is 1. The Morgan fingerprint density at radius 2 is 2.03 bits per heavy atom. The molecule has 29 heavy (non-hydrogen) atoms. The lowest BCUT2D eigenvalue weighted by Gasteiger charge is -2.24. The van der Waals surface area contributed by atoms with Crippen LogP contribution >= 0.6 is 11.6 Å². The van der Waals surface area contributed by atoms with Gasteiger partial charge in [0.15, 0.2) is 0 Å². The highest BCUT2D eigenvalue weighted by Gasteiger charge is 2.25. The lowest BCUT2D eigenvalue weighted by molar-refractivity contribution is -0.121. The van der Waals surface area contributed by atoms with Gasteiger partial charge >= 0.3 is 0 Å². The van der Waals surface area contributed by atoms with E-state index in [1.54, 1.807) is 7.11 Å². The first-order chi connectivity index (χ1) is 14.1. The summed E-state index contributed by atoms with van der Waals surface area (Å²) in [5, 5.41) is 8.52. The number of para-hydroxylation sites is 1. The lowest BCUT2D eigenvalue weighted by Crippen LogP contribution is -2.32. The van der Waals surface area contributed by atoms with Gasteiger partial charge in [-0.25, -0.2) is 0 Å². The molecule has 3 aromatic rings. The molecule has 0 aliphatic heterocycles. The number of fused-ring (bicyclic) bond motifs is 1. The maximum Gasteiger partial charge on any atom is 0.225 e. The zero-order valence-corrected chi connectivity index (χ0v) is 17.2. The molecule has 1 heterocycles. The fourth-order valence-corrected chi connectivity index (χ4v) is 4.06. The summed E-state index contributed by atoms with van der Waals surface area (Å²) in [5.41, 5.74) is 4.37. The van der Waals surface area contributed by atoms with Crippen molar-refractivity contribution in [1.82, 2.24) is 15.1 Å². The number of hydrogen-bond acceptors (Lipinski definition) is 3. The van der Waals surface area contributed by atoms with Crippen molar-refractivity contribution in [3.8, 4) is 5.75 Å². The van der Waals surface area contributed by atoms with E-state index in [2.05, 4.69) is 10.4 Å². The molecule has 0 bridgehead atoms. The summed E-state index contributed by atoms with van der Waals surface area (Å²) < 4.78 is 7.40. The molecule has 1 N–H and O–H groups in total. The van der Waals surface area contributed by atoms with E-state index in [0.717, 1.165) is 46.7 Å². The number of ether oxygens (including phenoxy) is 1. The predicted octanol–water partition coefficient (Wildman–Crippen LogP) is 4.33. The minimum atomic E-state index is -0.00204. The maximum atomic E-state index is 12.7. The van der Waals surface area contributed by atoms with Crippen LogP contribution in [-0.2, 0) is 24.2 Å². The van der Waals surface area contributed by atoms with Crippen molar-refractivity contribution in [2.75, 3.05) is 7.11 Å². The molecule has 0 unspecified atom stereocenters. The first-order valence-corrected chi connectivity index (χ1v) is 10.2. The fourth-order valence-electron chi connectivity index (χ4n) is 3.94. The van der Waals surface area contributed by atoms with E-state index < -0.39 is 0 Å². The zero-order chi connectivity index (χ0) is 20.2. The highest BCUT2D eigenvalue weighted by atomic mass is 35.5. The minimum absolute atomic E-state index is 0.0000695. The van der Waals surface area contributed by atoms with Gasteiger partial charge in [0.2, 0.25) is 5.91 Å². The van der Waals surface area contributed by atoms with E-state index in [9.17, 15) is 4.79 Å². The van der Waals surface area contributed by atoms with Gasteiger partial charge in [-0.2, -0.15) is 5.10 Å². The molecule has 150 valence electrons. The second-order valence-electron chi connectivity index (χ2n) is 7.33. The normalized spacial score (nSPS) is 15.6. The number of nitrogens with zero attached hydrogens (tertiary/aromatic N) is 2. The zero-order valence-electron chi connectivity index (χ0n) is 16.4. The molecule has 1 aliphatic rings. The summed E-state index contributed by atoms with van der Waals surface area (Å²) in [6, 6.07) is 15.5. The van der Waals surface area contributed by atoms with E-state index in [1.807, 2.05) is 59.4 Å². The van der Waals surface area contributed by atoms with Crippen molar-refractivity contribution < 1.29 is 9.53 Å². The molecule has 0 radical (unpaired) electrons. The number of carbonyl (C=O) groups is 1. The standard InChI is InChI=1S/C23H24ClN3O2/c1-29-22-8-3-2-5-17(22)13-23(28)26-20-6-4-7-21-19(20)14-25-27(21)15-16-9-11-18(24)12-10-16/h2-3,5,8-12,14,20H,4,6-7,13,15H2,1H3,(H,26,28)/t20-/m0/s1. The second-order valence-corrected chi connectivity index (χ2v) is 7.77. The molecule has 2 aromatic carbocycles. The topological polar surface area (TPSA) is 56.1 Å². The molecule has 0 spiro atoms. The number of nitrogens with one attached hydrogen (secondary N) is 1. The summed E-state index contributed by atoms with van der Waals surface area (Å²) in [6.07, 6.45) is 5.13. The number of amides is 1. The third-order valence-corrected chi connectivity index (χ3v) is 5.64. The van der Waals surface area contributed by atoms with Crippen molar-refractivity contribution in [1.29, 1.82) is 0 Å². The van der Waals surface area contributed by atoms with Crippen molar-refractivity contribution in [2.24, 2.45) is 0 Å². The summed E-state index contributed by atoms with van der Waals surface area (Å²) >= 11 is 5.98. The smallest absolute Gasteiger partial charge is 0.225 e. The van der Waals surface area contributed by atoms with Crippen molar-refractivity contribution in [2.45, 2.75) is 38.3 Å². The molecule has 0 saturated carbocycles. The number of aromatic nitrogens is 2. The SMILES string of the molecule is COc1ccccc1CC(=O)N[C@H]1CCCc2c1cnn2Cc1ccc(Cl)cc1. The monoisotopic (exact) mass is 409 g/mol. The summed E-state index contributed by atoms with van der Waals surface area (Å²) in [6.45, 7) is 0.703. The van der Waals surface area contributed by atoms with Crippen LogP contribution in [0, 0.1) is 0 Å². The Morgan fingerprint density at radius 1 is 1.24 bits per heavy atom. The molecule has 1 amide bonds. The number of benzene rings is 2. The van der Waals surface area contributed by atoms with Gasteiger partial charge in [-0.05, 0) is 43.0 Å². The van der Waals surface area contributed by atoms with Crippen LogP contribution in [0.4, 0.5) is 0 Å². The van der Waals surface area contributed by atoms with Crippen LogP contribution in [0.15, 0.2) is 54.7 Å². The van der Waals surface area contributed by atoms with Gasteiger partial charge in [-0.1, -0.05) is 41.9 Å². The predicted molar refractivity (Wildman–Crippen MR) is 113 cm³/mol. The number of carbonyl (C=O) groups excluding carboxylic acids is 1. The molecule has 4 rings (SSSR count). The molecule has 5 nitrogen and oxygen atoms in total. The first-order valence-electron chi connectivity index (χ1n) is 9.84. The number of halogens is 1. The quantitative estimate of drug-likeness (QED) is 0.659. The van der Waals surface area contributed by atoms with E-state index in [4.69, 9.17) is 16.3 Å². The Kier molecular flexibility index (Phi) is 5.86. The molecule has 1 aromatic heterocycles. The van der Waals surface area contributed by atoms with Crippen molar-refractivity contribution in [3.05, 3.63) is 82.1 Å². The van der Waals surface area contributed by atoms with Crippen LogP contribution in [-0.4, -0.2) is 22.8 Å². The van der Waals surface area contributed by atoms with E-state index in [0.29, 0.717) is 13.0 Å². The Balaban J connectivity index is 1.46. The molecule has 6 heteroatoms. The Hall–Kier alpha value is -2.79. The van der Waals surface area contributed by atoms with Gasteiger partial charge in [-0.3, -0.25) is 9.48 Å². The summed E-state index contributed by atoms with van der Waals surface area (Å²) in [4.78, 5) is 12.7. The molecule has 1 aliphatic carbocycles. The Labute approximate surface area is 175 Å². The third kappa shape index (κ3) is 4.46. The average Bonchev–Trinajstić information content (AvgIpc) is 3.14. The van der Waals surface area contributed by atoms with E-state index in [-0.39, 0.29) is 11.9 Å². The molecular weight excluding hydrogens is 386 g/mol. The minimum Gasteiger partial charge on any atom is -0.496 e. The van der Waals surface area contributed by atoms with E-state index in [1.165, 1.54) is 5.69 Å². The largest absolute Gasteiger partial charge is 0.496 e. The Bertz CT molecular complexity index is 998. The van der Waals surface area contributed by atoms with Gasteiger partial charge in [0.25, 0.3) is 0 Å². The number of methoxy groups -OCH3 is 1. The third-order valence-electron chi connectivity index (χ3n) is 5.39. The highest BCUT2D eigenvalue weighted by molar-refractivity contribution is 6.30.